The second-order valence-electron chi connectivity index (χ2n) is 6.29. The summed E-state index contributed by atoms with van der Waals surface area (Å²) in [5.41, 5.74) is 1.96. The average molecular weight is 402 g/mol. The lowest BCUT2D eigenvalue weighted by Gasteiger charge is -2.13. The first-order valence-corrected chi connectivity index (χ1v) is 10.6. The van der Waals surface area contributed by atoms with E-state index in [0.717, 1.165) is 35.4 Å². The second-order valence-corrected chi connectivity index (χ2v) is 8.28. The summed E-state index contributed by atoms with van der Waals surface area (Å²) in [6.45, 7) is 0.931. The molecule has 1 N–H and O–H groups in total. The van der Waals surface area contributed by atoms with Gasteiger partial charge in [-0.2, -0.15) is 4.98 Å². The van der Waals surface area contributed by atoms with E-state index in [1.165, 1.54) is 11.8 Å². The van der Waals surface area contributed by atoms with Crippen LogP contribution >= 0.6 is 23.1 Å². The minimum atomic E-state index is -0.234. The molecule has 0 aromatic carbocycles. The van der Waals surface area contributed by atoms with Crippen molar-refractivity contribution < 1.29 is 9.21 Å². The smallest absolute Gasteiger partial charge is 0.349 e. The van der Waals surface area contributed by atoms with Gasteiger partial charge in [-0.1, -0.05) is 17.8 Å². The number of carbonyl (C=O) groups excluding carboxylic acids is 1. The number of hydrogen-bond donors (Lipinski definition) is 1. The van der Waals surface area contributed by atoms with Gasteiger partial charge < -0.3 is 9.73 Å². The molecule has 0 saturated heterocycles. The van der Waals surface area contributed by atoms with Gasteiger partial charge in [0.25, 0.3) is 0 Å². The maximum Gasteiger partial charge on any atom is 0.349 e. The van der Waals surface area contributed by atoms with E-state index in [0.29, 0.717) is 23.9 Å². The third-order valence-electron chi connectivity index (χ3n) is 4.47. The predicted molar refractivity (Wildman–Crippen MR) is 105 cm³/mol. The van der Waals surface area contributed by atoms with Crippen LogP contribution in [0.5, 0.6) is 0 Å². The van der Waals surface area contributed by atoms with E-state index in [2.05, 4.69) is 10.3 Å². The summed E-state index contributed by atoms with van der Waals surface area (Å²) in [5, 5.41) is 5.53. The van der Waals surface area contributed by atoms with Crippen molar-refractivity contribution in [3.05, 3.63) is 68.3 Å². The summed E-state index contributed by atoms with van der Waals surface area (Å²) < 4.78 is 6.99. The number of carbonyl (C=O) groups is 1. The van der Waals surface area contributed by atoms with Gasteiger partial charge >= 0.3 is 5.69 Å². The van der Waals surface area contributed by atoms with Crippen LogP contribution in [0.15, 0.2) is 50.1 Å². The lowest BCUT2D eigenvalue weighted by Crippen LogP contribution is -2.28. The Balaban J connectivity index is 1.45. The van der Waals surface area contributed by atoms with Crippen LogP contribution in [-0.4, -0.2) is 21.2 Å². The van der Waals surface area contributed by atoms with E-state index in [9.17, 15) is 9.59 Å². The minimum Gasteiger partial charge on any atom is -0.467 e. The van der Waals surface area contributed by atoms with Gasteiger partial charge in [0.15, 0.2) is 0 Å². The minimum absolute atomic E-state index is 0.104. The normalized spacial score (nSPS) is 12.9. The van der Waals surface area contributed by atoms with E-state index in [1.54, 1.807) is 28.2 Å². The largest absolute Gasteiger partial charge is 0.467 e. The summed E-state index contributed by atoms with van der Waals surface area (Å²) in [6, 6.07) is 7.62. The van der Waals surface area contributed by atoms with Gasteiger partial charge in [0.05, 0.1) is 25.1 Å². The average Bonchev–Trinajstić information content (AvgIpc) is 3.42. The van der Waals surface area contributed by atoms with Crippen molar-refractivity contribution in [2.24, 2.45) is 0 Å². The highest BCUT2D eigenvalue weighted by atomic mass is 32.2. The number of thioether (sulfide) groups is 1. The molecule has 6 nitrogen and oxygen atoms in total. The zero-order chi connectivity index (χ0) is 18.6. The van der Waals surface area contributed by atoms with Crippen molar-refractivity contribution in [1.29, 1.82) is 0 Å². The fraction of sp³-hybridized carbons (Fsp3) is 0.316. The van der Waals surface area contributed by atoms with Gasteiger partial charge in [0.2, 0.25) is 5.91 Å². The van der Waals surface area contributed by atoms with Gasteiger partial charge in [-0.3, -0.25) is 9.36 Å². The zero-order valence-corrected chi connectivity index (χ0v) is 16.3. The summed E-state index contributed by atoms with van der Waals surface area (Å²) >= 11 is 2.98. The Kier molecular flexibility index (Phi) is 5.45. The molecule has 0 saturated carbocycles. The third kappa shape index (κ3) is 4.17. The van der Waals surface area contributed by atoms with Crippen LogP contribution in [0.3, 0.4) is 0 Å². The zero-order valence-electron chi connectivity index (χ0n) is 14.6. The van der Waals surface area contributed by atoms with Crippen LogP contribution in [0.4, 0.5) is 0 Å². The Morgan fingerprint density at radius 3 is 3.04 bits per heavy atom. The van der Waals surface area contributed by atoms with Crippen LogP contribution in [-0.2, 0) is 30.7 Å². The lowest BCUT2D eigenvalue weighted by molar-refractivity contribution is -0.118. The van der Waals surface area contributed by atoms with Gasteiger partial charge in [-0.25, -0.2) is 4.79 Å². The molecule has 0 fully saturated rings. The Hall–Kier alpha value is -2.32. The van der Waals surface area contributed by atoms with Gasteiger partial charge in [-0.05, 0) is 42.8 Å². The Morgan fingerprint density at radius 2 is 2.26 bits per heavy atom. The molecule has 0 radical (unpaired) electrons. The first-order valence-electron chi connectivity index (χ1n) is 8.77. The standard InChI is InChI=1S/C19H19N3O3S2/c23-17(20-10-13-4-2-8-25-13)12-27-18-15-6-1-7-16(15)22(19(24)21-18)11-14-5-3-9-26-14/h2-5,8-9H,1,6-7,10-12H2,(H,20,23). The van der Waals surface area contributed by atoms with Crippen LogP contribution in [0.2, 0.25) is 0 Å². The molecule has 8 heteroatoms. The molecule has 4 rings (SSSR count). The van der Waals surface area contributed by atoms with Gasteiger partial charge in [-0.15, -0.1) is 11.3 Å². The topological polar surface area (TPSA) is 77.1 Å². The maximum atomic E-state index is 12.6. The van der Waals surface area contributed by atoms with Crippen LogP contribution in [0.25, 0.3) is 0 Å². The van der Waals surface area contributed by atoms with Crippen molar-refractivity contribution in [3.8, 4) is 0 Å². The number of furan rings is 1. The summed E-state index contributed by atoms with van der Waals surface area (Å²) in [7, 11) is 0. The van der Waals surface area contributed by atoms with Crippen LogP contribution in [0.1, 0.15) is 28.3 Å². The summed E-state index contributed by atoms with van der Waals surface area (Å²) in [6.07, 6.45) is 4.39. The Labute approximate surface area is 164 Å². The van der Waals surface area contributed by atoms with E-state index < -0.39 is 0 Å². The molecular weight excluding hydrogens is 382 g/mol. The Morgan fingerprint density at radius 1 is 1.33 bits per heavy atom. The number of nitrogens with zero attached hydrogens (tertiary/aromatic N) is 2. The summed E-state index contributed by atoms with van der Waals surface area (Å²) in [5.74, 6) is 0.838. The number of hydrogen-bond acceptors (Lipinski definition) is 6. The fourth-order valence-electron chi connectivity index (χ4n) is 3.21. The monoisotopic (exact) mass is 401 g/mol. The highest BCUT2D eigenvalue weighted by Gasteiger charge is 2.22. The Bertz CT molecular complexity index is 979. The van der Waals surface area contributed by atoms with Crippen LogP contribution < -0.4 is 11.0 Å². The first kappa shape index (κ1) is 18.1. The number of aromatic nitrogens is 2. The molecule has 140 valence electrons. The van der Waals surface area contributed by atoms with Crippen LogP contribution in [0, 0.1) is 0 Å². The molecule has 3 aromatic rings. The van der Waals surface area contributed by atoms with Crippen molar-refractivity contribution >= 4 is 29.0 Å². The van der Waals surface area contributed by atoms with Crippen molar-refractivity contribution in [1.82, 2.24) is 14.9 Å². The molecule has 3 heterocycles. The number of thiophene rings is 1. The lowest BCUT2D eigenvalue weighted by atomic mass is 10.2. The SMILES string of the molecule is O=C(CSc1nc(=O)n(Cc2cccs2)c2c1CCC2)NCc1ccco1. The molecule has 0 spiro atoms. The van der Waals surface area contributed by atoms with E-state index in [4.69, 9.17) is 4.42 Å². The van der Waals surface area contributed by atoms with E-state index >= 15 is 0 Å². The molecule has 0 aliphatic heterocycles. The third-order valence-corrected chi connectivity index (χ3v) is 6.35. The molecular formula is C19H19N3O3S2. The van der Waals surface area contributed by atoms with E-state index in [-0.39, 0.29) is 17.3 Å². The number of nitrogens with one attached hydrogen (secondary N) is 1. The molecule has 0 bridgehead atoms. The molecule has 3 aromatic heterocycles. The molecule has 1 amide bonds. The van der Waals surface area contributed by atoms with Crippen molar-refractivity contribution in [3.63, 3.8) is 0 Å². The molecule has 1 aliphatic carbocycles. The maximum absolute atomic E-state index is 12.6. The highest BCUT2D eigenvalue weighted by molar-refractivity contribution is 7.99. The van der Waals surface area contributed by atoms with E-state index in [1.807, 2.05) is 23.6 Å². The number of rotatable bonds is 7. The molecule has 27 heavy (non-hydrogen) atoms. The number of amides is 1. The molecule has 0 atom stereocenters. The van der Waals surface area contributed by atoms with Crippen molar-refractivity contribution in [2.75, 3.05) is 5.75 Å². The fourth-order valence-corrected chi connectivity index (χ4v) is 4.81. The van der Waals surface area contributed by atoms with Gasteiger partial charge in [0.1, 0.15) is 10.8 Å². The molecule has 1 aliphatic rings. The van der Waals surface area contributed by atoms with Gasteiger partial charge in [0, 0.05) is 16.1 Å². The summed E-state index contributed by atoms with van der Waals surface area (Å²) in [4.78, 5) is 30.1. The quantitative estimate of drug-likeness (QED) is 0.487. The second kappa shape index (κ2) is 8.14. The number of fused-ring (bicyclic) bond motifs is 1. The predicted octanol–water partition coefficient (Wildman–Crippen LogP) is 2.84. The highest BCUT2D eigenvalue weighted by Crippen LogP contribution is 2.29. The van der Waals surface area contributed by atoms with Crippen molar-refractivity contribution in [2.45, 2.75) is 37.4 Å². The molecule has 0 unspecified atom stereocenters. The first-order chi connectivity index (χ1) is 13.2.